The Morgan fingerprint density at radius 3 is 1.31 bits per heavy atom. The number of imidazole rings is 2. The lowest BCUT2D eigenvalue weighted by Gasteiger charge is -2.39. The minimum Gasteiger partial charge on any atom is -0.387 e. The lowest BCUT2D eigenvalue weighted by molar-refractivity contribution is -0.124. The van der Waals surface area contributed by atoms with Gasteiger partial charge in [-0.1, -0.05) is 29.8 Å². The van der Waals surface area contributed by atoms with Gasteiger partial charge in [-0.3, -0.25) is 43.2 Å². The maximum Gasteiger partial charge on any atom is 0.291 e. The van der Waals surface area contributed by atoms with Gasteiger partial charge >= 0.3 is 0 Å². The van der Waals surface area contributed by atoms with Crippen molar-refractivity contribution in [2.75, 3.05) is 170 Å². The van der Waals surface area contributed by atoms with Crippen LogP contribution in [0.15, 0.2) is 104 Å². The summed E-state index contributed by atoms with van der Waals surface area (Å²) in [7, 11) is 6.37. The van der Waals surface area contributed by atoms with Crippen LogP contribution in [0.4, 0.5) is 34.4 Å². The van der Waals surface area contributed by atoms with Crippen molar-refractivity contribution < 1.29 is 86.2 Å². The van der Waals surface area contributed by atoms with Crippen LogP contribution in [0.25, 0.3) is 11.1 Å². The summed E-state index contributed by atoms with van der Waals surface area (Å²) in [6.45, 7) is 9.40. The van der Waals surface area contributed by atoms with Gasteiger partial charge in [0.05, 0.1) is 123 Å². The van der Waals surface area contributed by atoms with Crippen LogP contribution in [-0.4, -0.2) is 231 Å². The molecule has 34 nitrogen and oxygen atoms in total. The number of aliphatic hydroxyl groups is 1. The van der Waals surface area contributed by atoms with Crippen LogP contribution in [-0.2, 0) is 85.3 Å². The van der Waals surface area contributed by atoms with Gasteiger partial charge in [0.1, 0.15) is 18.0 Å². The summed E-state index contributed by atoms with van der Waals surface area (Å²) in [5, 5.41) is 34.3. The molecule has 8 rings (SSSR count). The summed E-state index contributed by atoms with van der Waals surface area (Å²) in [6.07, 6.45) is 6.44. The highest BCUT2D eigenvalue weighted by Gasteiger charge is 2.33. The van der Waals surface area contributed by atoms with E-state index in [1.807, 2.05) is 53.4 Å². The Morgan fingerprint density at radius 1 is 0.454 bits per heavy atom. The Bertz CT molecular complexity index is 4140. The molecule has 0 saturated carbocycles. The number of benzene rings is 3. The van der Waals surface area contributed by atoms with Gasteiger partial charge in [0.25, 0.3) is 29.5 Å². The average Bonchev–Trinajstić information content (AvgIpc) is 1.30. The summed E-state index contributed by atoms with van der Waals surface area (Å²) in [4.78, 5) is 125. The summed E-state index contributed by atoms with van der Waals surface area (Å²) < 4.78 is 50.5. The van der Waals surface area contributed by atoms with Crippen LogP contribution >= 0.6 is 11.6 Å². The average molecular weight is 1520 g/mol. The van der Waals surface area contributed by atoms with Crippen LogP contribution in [0.5, 0.6) is 0 Å². The second-order valence-electron chi connectivity index (χ2n) is 24.8. The summed E-state index contributed by atoms with van der Waals surface area (Å²) in [5.74, 6) is -3.85. The molecule has 0 fully saturated rings. The molecule has 9 amide bonds. The zero-order valence-electron chi connectivity index (χ0n) is 61.3. The standard InChI is InChI=1S/C73H95ClN16O18/c1-48-39-58(79-54-14-12-53(74)13-15-54)57-40-52(11-16-59(57)90(48)49(2)92)50-7-9-51(10-8-50)69(96)77-21-23-101-25-27-103-29-31-105-33-35-107-37-38-108-36-34-106-32-30-104-28-26-102-24-22-78-71(98)61-42-56(44-87(61)4)81-73(100)68-85-63(46-89(68)6)83-65(94)18-20-76-70(97)60-41-55(43-86(60)3)80-72(99)67-84-62(45-88(67)5)82-64(93)17-19-75-66(95)47-91/h7-16,40-46,48,58,79,91H,17-39,47H2,1-6H3,(H,75,95)(H,76,97)(H,77,96)(H,78,98)(H,80,99)(H,81,100)(H,82,93)(H,83,94)/t48-,58+/m0/s1. The van der Waals surface area contributed by atoms with Gasteiger partial charge in [-0.05, 0) is 90.7 Å². The lowest BCUT2D eigenvalue weighted by atomic mass is 9.88. The first-order chi connectivity index (χ1) is 52.1. The Kier molecular flexibility index (Phi) is 33.5. The Labute approximate surface area is 629 Å². The highest BCUT2D eigenvalue weighted by Crippen LogP contribution is 2.41. The molecule has 10 N–H and O–H groups in total. The first kappa shape index (κ1) is 83.2. The van der Waals surface area contributed by atoms with E-state index in [2.05, 4.69) is 70.8 Å². The fourth-order valence-electron chi connectivity index (χ4n) is 11.3. The van der Waals surface area contributed by atoms with E-state index < -0.39 is 48.0 Å². The largest absolute Gasteiger partial charge is 0.387 e. The number of hydrogen-bond acceptors (Lipinski definition) is 21. The zero-order valence-corrected chi connectivity index (χ0v) is 62.1. The fraction of sp³-hybridized carbons (Fsp3) is 0.438. The van der Waals surface area contributed by atoms with Crippen molar-refractivity contribution >= 4 is 99.2 Å². The molecule has 0 aliphatic carbocycles. The minimum atomic E-state index is -0.700. The van der Waals surface area contributed by atoms with Crippen molar-refractivity contribution in [1.82, 2.24) is 49.5 Å². The van der Waals surface area contributed by atoms with Gasteiger partial charge < -0.3 is 114 Å². The third-order valence-corrected chi connectivity index (χ3v) is 16.7. The van der Waals surface area contributed by atoms with Gasteiger partial charge in [0, 0.05) is 127 Å². The number of rotatable bonds is 46. The molecule has 0 bridgehead atoms. The molecule has 35 heteroatoms. The van der Waals surface area contributed by atoms with E-state index in [1.54, 1.807) is 58.0 Å². The maximum absolute atomic E-state index is 13.3. The van der Waals surface area contributed by atoms with E-state index in [4.69, 9.17) is 54.6 Å². The number of ether oxygens (including phenoxy) is 8. The monoisotopic (exact) mass is 1520 g/mol. The number of aliphatic hydroxyl groups excluding tert-OH is 1. The molecule has 3 aromatic carbocycles. The van der Waals surface area contributed by atoms with E-state index in [9.17, 15) is 43.2 Å². The van der Waals surface area contributed by atoms with Crippen LogP contribution in [0.2, 0.25) is 5.02 Å². The predicted molar refractivity (Wildman–Crippen MR) is 400 cm³/mol. The molecule has 0 unspecified atom stereocenters. The van der Waals surface area contributed by atoms with Crippen molar-refractivity contribution in [3.05, 3.63) is 143 Å². The van der Waals surface area contributed by atoms with Crippen molar-refractivity contribution in [3.8, 4) is 11.1 Å². The van der Waals surface area contributed by atoms with E-state index in [-0.39, 0.29) is 103 Å². The molecule has 582 valence electrons. The van der Waals surface area contributed by atoms with E-state index >= 15 is 0 Å². The molecule has 0 saturated heterocycles. The summed E-state index contributed by atoms with van der Waals surface area (Å²) in [5.41, 5.74) is 6.35. The quantitative estimate of drug-likeness (QED) is 0.0236. The number of nitrogens with zero attached hydrogens (tertiary/aromatic N) is 7. The lowest BCUT2D eigenvalue weighted by Crippen LogP contribution is -2.43. The van der Waals surface area contributed by atoms with Gasteiger partial charge in [-0.15, -0.1) is 0 Å². The molecule has 108 heavy (non-hydrogen) atoms. The molecule has 0 spiro atoms. The van der Waals surface area contributed by atoms with Crippen molar-refractivity contribution in [2.24, 2.45) is 28.2 Å². The molecule has 5 heterocycles. The van der Waals surface area contributed by atoms with Crippen LogP contribution < -0.4 is 52.8 Å². The third-order valence-electron chi connectivity index (χ3n) is 16.5. The Morgan fingerprint density at radius 2 is 0.870 bits per heavy atom. The van der Waals surface area contributed by atoms with Gasteiger partial charge in [0.2, 0.25) is 35.3 Å². The molecule has 1 aliphatic rings. The number of aromatic nitrogens is 6. The van der Waals surface area contributed by atoms with E-state index in [1.165, 1.54) is 44.4 Å². The predicted octanol–water partition coefficient (Wildman–Crippen LogP) is 4.44. The summed E-state index contributed by atoms with van der Waals surface area (Å²) >= 11 is 6.14. The maximum atomic E-state index is 13.3. The van der Waals surface area contributed by atoms with Crippen molar-refractivity contribution in [2.45, 2.75) is 45.2 Å². The number of carbonyl (C=O) groups is 9. The number of hydrogen-bond donors (Lipinski definition) is 10. The van der Waals surface area contributed by atoms with Gasteiger partial charge in [-0.25, -0.2) is 9.97 Å². The SMILES string of the molecule is CC(=O)N1c2ccc(-c3ccc(C(=O)NCCOCCOCCOCCOCCOCCOCCOCCOCCNC(=O)c4cc(NC(=O)c5nc(NC(=O)CCNC(=O)c6cc(NC(=O)c7nc(NC(=O)CCNC(=O)CO)cn7C)cn6C)cn5C)cn4C)cc3)cc2[C@H](Nc2ccc(Cl)cc2)C[C@@H]1C. The van der Waals surface area contributed by atoms with Crippen molar-refractivity contribution in [1.29, 1.82) is 0 Å². The highest BCUT2D eigenvalue weighted by molar-refractivity contribution is 6.30. The molecule has 2 atom stereocenters. The number of carbonyl (C=O) groups excluding carboxylic acids is 9. The third kappa shape index (κ3) is 26.5. The van der Waals surface area contributed by atoms with Crippen molar-refractivity contribution in [3.63, 3.8) is 0 Å². The number of nitrogens with one attached hydrogen (secondary N) is 9. The normalized spacial score (nSPS) is 13.1. The molecular weight excluding hydrogens is 1420 g/mol. The smallest absolute Gasteiger partial charge is 0.291 e. The first-order valence-corrected chi connectivity index (χ1v) is 35.5. The molecular formula is C73H95ClN16O18. The number of anilines is 6. The van der Waals surface area contributed by atoms with Crippen LogP contribution in [0.1, 0.15) is 97.3 Å². The fourth-order valence-corrected chi connectivity index (χ4v) is 11.4. The molecule has 1 aliphatic heterocycles. The first-order valence-electron chi connectivity index (χ1n) is 35.2. The second-order valence-corrected chi connectivity index (χ2v) is 25.2. The van der Waals surface area contributed by atoms with Gasteiger partial charge in [-0.2, -0.15) is 0 Å². The summed E-state index contributed by atoms with van der Waals surface area (Å²) in [6, 6.07) is 24.1. The topological polar surface area (TPSA) is 405 Å². The highest BCUT2D eigenvalue weighted by atomic mass is 35.5. The number of halogens is 1. The van der Waals surface area contributed by atoms with Crippen LogP contribution in [0, 0.1) is 0 Å². The molecule has 4 aromatic heterocycles. The Balaban J connectivity index is 0.567. The number of fused-ring (bicyclic) bond motifs is 1. The van der Waals surface area contributed by atoms with E-state index in [0.717, 1.165) is 34.5 Å². The second kappa shape index (κ2) is 43.4. The number of aryl methyl sites for hydroxylation is 4. The zero-order chi connectivity index (χ0) is 77.3. The molecule has 0 radical (unpaired) electrons. The Hall–Kier alpha value is -10.4. The number of amides is 9. The van der Waals surface area contributed by atoms with Crippen LogP contribution in [0.3, 0.4) is 0 Å². The van der Waals surface area contributed by atoms with Gasteiger partial charge in [0.15, 0.2) is 11.6 Å². The van der Waals surface area contributed by atoms with E-state index in [0.29, 0.717) is 122 Å². The minimum absolute atomic E-state index is 0.00476. The molecule has 7 aromatic rings.